The van der Waals surface area contributed by atoms with Crippen molar-refractivity contribution in [2.75, 3.05) is 26.2 Å². The van der Waals surface area contributed by atoms with E-state index in [9.17, 15) is 4.79 Å². The molecule has 2 aromatic rings. The Morgan fingerprint density at radius 1 is 1.08 bits per heavy atom. The maximum atomic E-state index is 12.9. The number of carbonyl (C=O) groups is 1. The number of nitrogens with one attached hydrogen (secondary N) is 1. The Balaban J connectivity index is 1.42. The van der Waals surface area contributed by atoms with Crippen LogP contribution >= 0.6 is 0 Å². The van der Waals surface area contributed by atoms with Crippen LogP contribution in [0.1, 0.15) is 59.3 Å². The number of pyridine rings is 1. The van der Waals surface area contributed by atoms with Gasteiger partial charge in [-0.1, -0.05) is 0 Å². The number of aromatic nitrogens is 2. The van der Waals surface area contributed by atoms with Gasteiger partial charge in [-0.3, -0.25) is 9.78 Å². The van der Waals surface area contributed by atoms with Gasteiger partial charge in [-0.25, -0.2) is 4.98 Å². The van der Waals surface area contributed by atoms with Gasteiger partial charge in [0.15, 0.2) is 12.1 Å². The number of hydrogen-bond acceptors (Lipinski definition) is 5. The standard InChI is InChI=1S/C19H24N4O2/c24-19(17-18(25-13-22-17)16-3-9-21-10-4-16)23-11-5-15(6-12-23)14-1-7-20-8-2-14/h1-2,7-8,13,15-16,21H,3-6,9-12H2. The Kier molecular flexibility index (Phi) is 4.78. The van der Waals surface area contributed by atoms with Crippen LogP contribution in [0.5, 0.6) is 0 Å². The fraction of sp³-hybridized carbons (Fsp3) is 0.526. The van der Waals surface area contributed by atoms with Crippen LogP contribution in [0, 0.1) is 0 Å². The van der Waals surface area contributed by atoms with Crippen molar-refractivity contribution < 1.29 is 9.21 Å². The molecule has 0 saturated carbocycles. The summed E-state index contributed by atoms with van der Waals surface area (Å²) in [6, 6.07) is 4.16. The molecular formula is C19H24N4O2. The van der Waals surface area contributed by atoms with Crippen molar-refractivity contribution >= 4 is 5.91 Å². The highest BCUT2D eigenvalue weighted by Gasteiger charge is 2.31. The number of hydrogen-bond donors (Lipinski definition) is 1. The van der Waals surface area contributed by atoms with Crippen molar-refractivity contribution in [1.82, 2.24) is 20.2 Å². The molecule has 25 heavy (non-hydrogen) atoms. The van der Waals surface area contributed by atoms with Crippen molar-refractivity contribution in [1.29, 1.82) is 0 Å². The highest BCUT2D eigenvalue weighted by molar-refractivity contribution is 5.93. The molecule has 0 radical (unpaired) electrons. The Hall–Kier alpha value is -2.21. The normalized spacial score (nSPS) is 19.9. The number of piperidine rings is 2. The van der Waals surface area contributed by atoms with Crippen LogP contribution in [-0.2, 0) is 0 Å². The smallest absolute Gasteiger partial charge is 0.276 e. The monoisotopic (exact) mass is 340 g/mol. The fourth-order valence-corrected chi connectivity index (χ4v) is 3.99. The SMILES string of the molecule is O=C(c1ncoc1C1CCNCC1)N1CCC(c2ccncc2)CC1. The average molecular weight is 340 g/mol. The number of carbonyl (C=O) groups excluding carboxylic acids is 1. The van der Waals surface area contributed by atoms with E-state index in [1.165, 1.54) is 12.0 Å². The highest BCUT2D eigenvalue weighted by Crippen LogP contribution is 2.31. The highest BCUT2D eigenvalue weighted by atomic mass is 16.3. The molecule has 0 aliphatic carbocycles. The van der Waals surface area contributed by atoms with Crippen LogP contribution in [-0.4, -0.2) is 47.0 Å². The van der Waals surface area contributed by atoms with Gasteiger partial charge in [0, 0.05) is 31.4 Å². The molecule has 2 aromatic heterocycles. The second kappa shape index (κ2) is 7.35. The number of rotatable bonds is 3. The predicted molar refractivity (Wildman–Crippen MR) is 93.5 cm³/mol. The molecule has 4 rings (SSSR count). The van der Waals surface area contributed by atoms with Gasteiger partial charge in [0.25, 0.3) is 5.91 Å². The van der Waals surface area contributed by atoms with Crippen LogP contribution in [0.25, 0.3) is 0 Å². The van der Waals surface area contributed by atoms with Crippen LogP contribution < -0.4 is 5.32 Å². The van der Waals surface area contributed by atoms with E-state index >= 15 is 0 Å². The minimum atomic E-state index is 0.0236. The summed E-state index contributed by atoms with van der Waals surface area (Å²) in [5.41, 5.74) is 1.84. The van der Waals surface area contributed by atoms with Gasteiger partial charge >= 0.3 is 0 Å². The first-order valence-corrected chi connectivity index (χ1v) is 9.16. The van der Waals surface area contributed by atoms with E-state index in [1.807, 2.05) is 17.3 Å². The molecule has 132 valence electrons. The van der Waals surface area contributed by atoms with Gasteiger partial charge in [0.05, 0.1) is 0 Å². The van der Waals surface area contributed by atoms with Gasteiger partial charge in [-0.15, -0.1) is 0 Å². The Labute approximate surface area is 147 Å². The third-order valence-corrected chi connectivity index (χ3v) is 5.47. The van der Waals surface area contributed by atoms with E-state index in [1.54, 1.807) is 0 Å². The Morgan fingerprint density at radius 2 is 1.80 bits per heavy atom. The van der Waals surface area contributed by atoms with Crippen molar-refractivity contribution in [3.8, 4) is 0 Å². The molecule has 2 aliphatic heterocycles. The summed E-state index contributed by atoms with van der Waals surface area (Å²) < 4.78 is 5.61. The number of nitrogens with zero attached hydrogens (tertiary/aromatic N) is 3. The van der Waals surface area contributed by atoms with Crippen LogP contribution in [0.2, 0.25) is 0 Å². The first-order chi connectivity index (χ1) is 12.3. The van der Waals surface area contributed by atoms with Crippen molar-refractivity contribution in [2.45, 2.75) is 37.5 Å². The summed E-state index contributed by atoms with van der Waals surface area (Å²) >= 11 is 0. The molecule has 6 heteroatoms. The largest absolute Gasteiger partial charge is 0.447 e. The first-order valence-electron chi connectivity index (χ1n) is 9.16. The zero-order valence-electron chi connectivity index (χ0n) is 14.4. The molecule has 0 aromatic carbocycles. The van der Waals surface area contributed by atoms with E-state index in [-0.39, 0.29) is 5.91 Å². The molecule has 2 fully saturated rings. The topological polar surface area (TPSA) is 71.3 Å². The van der Waals surface area contributed by atoms with E-state index in [4.69, 9.17) is 4.42 Å². The minimum absolute atomic E-state index is 0.0236. The predicted octanol–water partition coefficient (Wildman–Crippen LogP) is 2.56. The number of amides is 1. The lowest BCUT2D eigenvalue weighted by molar-refractivity contribution is 0.0704. The summed E-state index contributed by atoms with van der Waals surface area (Å²) in [5, 5.41) is 3.35. The van der Waals surface area contributed by atoms with Gasteiger partial charge < -0.3 is 14.6 Å². The molecule has 0 spiro atoms. The second-order valence-electron chi connectivity index (χ2n) is 6.94. The van der Waals surface area contributed by atoms with E-state index < -0.39 is 0 Å². The van der Waals surface area contributed by atoms with Crippen LogP contribution in [0.15, 0.2) is 35.3 Å². The molecule has 4 heterocycles. The second-order valence-corrected chi connectivity index (χ2v) is 6.94. The van der Waals surface area contributed by atoms with Gasteiger partial charge in [0.1, 0.15) is 5.76 Å². The zero-order valence-corrected chi connectivity index (χ0v) is 14.4. The number of likely N-dealkylation sites (tertiary alicyclic amines) is 1. The lowest BCUT2D eigenvalue weighted by Gasteiger charge is -2.32. The number of oxazole rings is 1. The summed E-state index contributed by atoms with van der Waals surface area (Å²) in [6.07, 6.45) is 9.07. The minimum Gasteiger partial charge on any atom is -0.447 e. The lowest BCUT2D eigenvalue weighted by Crippen LogP contribution is -2.38. The summed E-state index contributed by atoms with van der Waals surface area (Å²) in [6.45, 7) is 3.47. The van der Waals surface area contributed by atoms with Gasteiger partial charge in [-0.05, 0) is 62.4 Å². The summed E-state index contributed by atoms with van der Waals surface area (Å²) in [5.74, 6) is 1.61. The van der Waals surface area contributed by atoms with Crippen molar-refractivity contribution in [3.63, 3.8) is 0 Å². The molecular weight excluding hydrogens is 316 g/mol. The molecule has 2 aliphatic rings. The maximum absolute atomic E-state index is 12.9. The molecule has 1 N–H and O–H groups in total. The Bertz CT molecular complexity index is 701. The molecule has 0 atom stereocenters. The molecule has 0 bridgehead atoms. The molecule has 6 nitrogen and oxygen atoms in total. The lowest BCUT2D eigenvalue weighted by atomic mass is 9.89. The average Bonchev–Trinajstić information content (AvgIpc) is 3.19. The van der Waals surface area contributed by atoms with Crippen LogP contribution in [0.4, 0.5) is 0 Å². The van der Waals surface area contributed by atoms with Crippen molar-refractivity contribution in [2.24, 2.45) is 0 Å². The fourth-order valence-electron chi connectivity index (χ4n) is 3.99. The Morgan fingerprint density at radius 3 is 2.52 bits per heavy atom. The van der Waals surface area contributed by atoms with E-state index in [2.05, 4.69) is 27.4 Å². The molecule has 2 saturated heterocycles. The third kappa shape index (κ3) is 3.44. The zero-order chi connectivity index (χ0) is 17.1. The first kappa shape index (κ1) is 16.3. The summed E-state index contributed by atoms with van der Waals surface area (Å²) in [7, 11) is 0. The third-order valence-electron chi connectivity index (χ3n) is 5.47. The van der Waals surface area contributed by atoms with Gasteiger partial charge in [0.2, 0.25) is 0 Å². The van der Waals surface area contributed by atoms with Gasteiger partial charge in [-0.2, -0.15) is 0 Å². The van der Waals surface area contributed by atoms with Crippen molar-refractivity contribution in [3.05, 3.63) is 47.9 Å². The molecule has 1 amide bonds. The maximum Gasteiger partial charge on any atom is 0.276 e. The van der Waals surface area contributed by atoms with E-state index in [0.717, 1.165) is 57.6 Å². The molecule has 0 unspecified atom stereocenters. The van der Waals surface area contributed by atoms with Crippen LogP contribution in [0.3, 0.4) is 0 Å². The van der Waals surface area contributed by atoms with E-state index in [0.29, 0.717) is 17.5 Å². The summed E-state index contributed by atoms with van der Waals surface area (Å²) in [4.78, 5) is 23.2. The quantitative estimate of drug-likeness (QED) is 0.930.